The Morgan fingerprint density at radius 2 is 2.43 bits per heavy atom. The molecule has 0 aliphatic carbocycles. The fourth-order valence-electron chi connectivity index (χ4n) is 2.99. The summed E-state index contributed by atoms with van der Waals surface area (Å²) in [5.74, 6) is 0.979. The molecule has 6 nitrogen and oxygen atoms in total. The molecule has 0 saturated carbocycles. The van der Waals surface area contributed by atoms with Crippen LogP contribution in [-0.4, -0.2) is 41.9 Å². The summed E-state index contributed by atoms with van der Waals surface area (Å²) >= 11 is 0. The molecule has 1 saturated heterocycles. The minimum Gasteiger partial charge on any atom is -0.367 e. The van der Waals surface area contributed by atoms with Crippen LogP contribution in [0.1, 0.15) is 19.8 Å². The molecule has 0 spiro atoms. The molecule has 0 radical (unpaired) electrons. The zero-order chi connectivity index (χ0) is 14.8. The quantitative estimate of drug-likeness (QED) is 0.658. The normalized spacial score (nSPS) is 30.5. The van der Waals surface area contributed by atoms with E-state index in [4.69, 9.17) is 0 Å². The van der Waals surface area contributed by atoms with Gasteiger partial charge >= 0.3 is 0 Å². The highest BCUT2D eigenvalue weighted by atomic mass is 16.2. The van der Waals surface area contributed by atoms with Crippen LogP contribution in [0.4, 0.5) is 0 Å². The van der Waals surface area contributed by atoms with E-state index in [0.717, 1.165) is 24.2 Å². The number of piperidine rings is 1. The van der Waals surface area contributed by atoms with Crippen molar-refractivity contribution < 1.29 is 4.79 Å². The van der Waals surface area contributed by atoms with Crippen molar-refractivity contribution >= 4 is 12.2 Å². The number of aliphatic imine (C=N–C) groups is 1. The number of carbonyl (C=O) groups is 1. The van der Waals surface area contributed by atoms with Crippen molar-refractivity contribution in [2.75, 3.05) is 6.54 Å². The van der Waals surface area contributed by atoms with Gasteiger partial charge < -0.3 is 20.9 Å². The van der Waals surface area contributed by atoms with Gasteiger partial charge in [-0.25, -0.2) is 4.99 Å². The van der Waals surface area contributed by atoms with E-state index in [9.17, 15) is 4.79 Å². The van der Waals surface area contributed by atoms with E-state index in [1.807, 2.05) is 17.2 Å². The van der Waals surface area contributed by atoms with E-state index < -0.39 is 0 Å². The number of amides is 1. The summed E-state index contributed by atoms with van der Waals surface area (Å²) in [6.07, 6.45) is 9.06. The number of rotatable bonds is 3. The maximum Gasteiger partial charge on any atom is 0.246 e. The highest BCUT2D eigenvalue weighted by Crippen LogP contribution is 2.21. The Hall–Kier alpha value is -2.24. The number of likely N-dealkylation sites (tertiary alicyclic amines) is 1. The van der Waals surface area contributed by atoms with Gasteiger partial charge in [0.15, 0.2) is 0 Å². The predicted octanol–water partition coefficient (Wildman–Crippen LogP) is 0.428. The largest absolute Gasteiger partial charge is 0.367 e. The van der Waals surface area contributed by atoms with Gasteiger partial charge in [-0.15, -0.1) is 0 Å². The molecule has 112 valence electrons. The topological polar surface area (TPSA) is 68.8 Å². The number of nitrogens with one attached hydrogen (secondary N) is 3. The average molecular weight is 287 g/mol. The van der Waals surface area contributed by atoms with Crippen LogP contribution in [-0.2, 0) is 4.79 Å². The average Bonchev–Trinajstić information content (AvgIpc) is 2.98. The molecular weight excluding hydrogens is 266 g/mol. The fourth-order valence-corrected chi connectivity index (χ4v) is 2.99. The molecule has 3 aliphatic heterocycles. The van der Waals surface area contributed by atoms with Gasteiger partial charge in [-0.1, -0.05) is 6.58 Å². The summed E-state index contributed by atoms with van der Waals surface area (Å²) in [5, 5.41) is 9.86. The van der Waals surface area contributed by atoms with Crippen LogP contribution in [0.25, 0.3) is 0 Å². The SMILES string of the molecule is C=CC(=O)N1CC(NC2=C3C=CNC3N=CN2)CCC1C. The van der Waals surface area contributed by atoms with E-state index >= 15 is 0 Å². The molecule has 1 amide bonds. The summed E-state index contributed by atoms with van der Waals surface area (Å²) < 4.78 is 0. The number of hydrogen-bond acceptors (Lipinski definition) is 5. The summed E-state index contributed by atoms with van der Waals surface area (Å²) in [7, 11) is 0. The Bertz CT molecular complexity index is 536. The van der Waals surface area contributed by atoms with Crippen molar-refractivity contribution in [3.63, 3.8) is 0 Å². The molecule has 3 rings (SSSR count). The monoisotopic (exact) mass is 287 g/mol. The summed E-state index contributed by atoms with van der Waals surface area (Å²) in [5.41, 5.74) is 1.11. The first-order valence-corrected chi connectivity index (χ1v) is 7.33. The van der Waals surface area contributed by atoms with Crippen molar-refractivity contribution in [1.29, 1.82) is 0 Å². The maximum absolute atomic E-state index is 11.9. The van der Waals surface area contributed by atoms with Crippen LogP contribution in [0.5, 0.6) is 0 Å². The van der Waals surface area contributed by atoms with E-state index in [0.29, 0.717) is 6.54 Å². The predicted molar refractivity (Wildman–Crippen MR) is 82.2 cm³/mol. The van der Waals surface area contributed by atoms with Crippen molar-refractivity contribution in [1.82, 2.24) is 20.9 Å². The molecule has 3 unspecified atom stereocenters. The smallest absolute Gasteiger partial charge is 0.246 e. The molecular formula is C15H21N5O. The van der Waals surface area contributed by atoms with Crippen molar-refractivity contribution in [2.45, 2.75) is 38.0 Å². The van der Waals surface area contributed by atoms with Gasteiger partial charge in [0.05, 0.1) is 6.34 Å². The number of hydrogen-bond donors (Lipinski definition) is 3. The second kappa shape index (κ2) is 5.63. The third kappa shape index (κ3) is 2.66. The summed E-state index contributed by atoms with van der Waals surface area (Å²) in [6.45, 7) is 6.37. The number of carbonyl (C=O) groups excluding carboxylic acids is 1. The number of fused-ring (bicyclic) bond motifs is 1. The zero-order valence-corrected chi connectivity index (χ0v) is 12.2. The van der Waals surface area contributed by atoms with Crippen molar-refractivity contribution in [3.8, 4) is 0 Å². The standard InChI is InChI=1S/C15H21N5O/c1-3-13(21)20-8-11(5-4-10(20)2)19-15-12-6-7-16-14(12)17-9-18-15/h3,6-7,9-11,14,16,19H,1,4-5,8H2,2H3,(H,17,18). The lowest BCUT2D eigenvalue weighted by molar-refractivity contribution is -0.129. The Labute approximate surface area is 124 Å². The van der Waals surface area contributed by atoms with Crippen molar-refractivity contribution in [3.05, 3.63) is 36.3 Å². The first kappa shape index (κ1) is 13.7. The van der Waals surface area contributed by atoms with Gasteiger partial charge in [0.25, 0.3) is 0 Å². The Kier molecular flexibility index (Phi) is 3.68. The minimum atomic E-state index is 0.00201. The van der Waals surface area contributed by atoms with Crippen LogP contribution in [0, 0.1) is 0 Å². The first-order valence-electron chi connectivity index (χ1n) is 7.33. The molecule has 3 atom stereocenters. The van der Waals surface area contributed by atoms with E-state index in [1.165, 1.54) is 6.08 Å². The lowest BCUT2D eigenvalue weighted by atomic mass is 9.99. The molecule has 3 N–H and O–H groups in total. The molecule has 21 heavy (non-hydrogen) atoms. The van der Waals surface area contributed by atoms with Gasteiger partial charge in [0.1, 0.15) is 12.0 Å². The minimum absolute atomic E-state index is 0.00201. The Morgan fingerprint density at radius 3 is 3.24 bits per heavy atom. The molecule has 0 aromatic heterocycles. The molecule has 0 aromatic rings. The summed E-state index contributed by atoms with van der Waals surface area (Å²) in [4.78, 5) is 18.1. The van der Waals surface area contributed by atoms with Crippen LogP contribution in [0.3, 0.4) is 0 Å². The molecule has 1 fully saturated rings. The third-order valence-electron chi connectivity index (χ3n) is 4.22. The van der Waals surface area contributed by atoms with E-state index in [2.05, 4.69) is 34.4 Å². The van der Waals surface area contributed by atoms with E-state index in [-0.39, 0.29) is 24.2 Å². The van der Waals surface area contributed by atoms with Gasteiger partial charge in [-0.3, -0.25) is 4.79 Å². The summed E-state index contributed by atoms with van der Waals surface area (Å²) in [6, 6.07) is 0.508. The Balaban J connectivity index is 1.69. The van der Waals surface area contributed by atoms with Gasteiger partial charge in [0.2, 0.25) is 5.91 Å². The second-order valence-electron chi connectivity index (χ2n) is 5.62. The Morgan fingerprint density at radius 1 is 1.57 bits per heavy atom. The van der Waals surface area contributed by atoms with E-state index in [1.54, 1.807) is 6.34 Å². The molecule has 0 bridgehead atoms. The molecule has 6 heteroatoms. The highest BCUT2D eigenvalue weighted by Gasteiger charge is 2.29. The third-order valence-corrected chi connectivity index (χ3v) is 4.22. The van der Waals surface area contributed by atoms with Crippen LogP contribution < -0.4 is 16.0 Å². The van der Waals surface area contributed by atoms with Crippen molar-refractivity contribution in [2.24, 2.45) is 4.99 Å². The van der Waals surface area contributed by atoms with Gasteiger partial charge in [0, 0.05) is 24.2 Å². The fraction of sp³-hybridized carbons (Fsp3) is 0.467. The zero-order valence-electron chi connectivity index (χ0n) is 12.2. The van der Waals surface area contributed by atoms with Crippen LogP contribution in [0.15, 0.2) is 41.3 Å². The molecule has 3 heterocycles. The molecule has 0 aromatic carbocycles. The lowest BCUT2D eigenvalue weighted by Crippen LogP contribution is -2.52. The molecule has 3 aliphatic rings. The number of nitrogens with zero attached hydrogens (tertiary/aromatic N) is 2. The maximum atomic E-state index is 11.9. The first-order chi connectivity index (χ1) is 10.2. The van der Waals surface area contributed by atoms with Gasteiger partial charge in [-0.05, 0) is 38.1 Å². The van der Waals surface area contributed by atoms with Crippen LogP contribution in [0.2, 0.25) is 0 Å². The lowest BCUT2D eigenvalue weighted by Gasteiger charge is -2.38. The van der Waals surface area contributed by atoms with Crippen LogP contribution >= 0.6 is 0 Å². The second-order valence-corrected chi connectivity index (χ2v) is 5.62. The highest BCUT2D eigenvalue weighted by molar-refractivity contribution is 5.87. The van der Waals surface area contributed by atoms with Gasteiger partial charge in [-0.2, -0.15) is 0 Å².